The van der Waals surface area contributed by atoms with Gasteiger partial charge < -0.3 is 5.73 Å². The van der Waals surface area contributed by atoms with Crippen molar-refractivity contribution in [3.05, 3.63) is 0 Å². The summed E-state index contributed by atoms with van der Waals surface area (Å²) < 4.78 is 0. The molecule has 1 aliphatic rings. The predicted molar refractivity (Wildman–Crippen MR) is 57.7 cm³/mol. The molecule has 1 aliphatic heterocycles. The number of rotatable bonds is 3. The third-order valence-electron chi connectivity index (χ3n) is 3.64. The molecule has 1 saturated heterocycles. The molecule has 2 nitrogen and oxygen atoms in total. The molecule has 0 saturated carbocycles. The van der Waals surface area contributed by atoms with Gasteiger partial charge in [0.25, 0.3) is 0 Å². The first-order valence-corrected chi connectivity index (χ1v) is 5.49. The van der Waals surface area contributed by atoms with Crippen LogP contribution >= 0.6 is 0 Å². The van der Waals surface area contributed by atoms with Crippen LogP contribution in [0.5, 0.6) is 0 Å². The molecule has 0 aromatic carbocycles. The summed E-state index contributed by atoms with van der Waals surface area (Å²) in [6.07, 6.45) is 2.39. The number of nitrogens with two attached hydrogens (primary N) is 1. The van der Waals surface area contributed by atoms with Gasteiger partial charge in [0.05, 0.1) is 0 Å². The van der Waals surface area contributed by atoms with Crippen LogP contribution in [0.25, 0.3) is 0 Å². The molecule has 0 aromatic heterocycles. The summed E-state index contributed by atoms with van der Waals surface area (Å²) in [6.45, 7) is 11.3. The molecule has 0 radical (unpaired) electrons. The second-order valence-electron chi connectivity index (χ2n) is 4.98. The van der Waals surface area contributed by atoms with Gasteiger partial charge in [-0.1, -0.05) is 13.8 Å². The number of likely N-dealkylation sites (tertiary alicyclic amines) is 1. The Hall–Kier alpha value is -0.0800. The average molecular weight is 184 g/mol. The lowest BCUT2D eigenvalue weighted by Gasteiger charge is -2.32. The highest BCUT2D eigenvalue weighted by Gasteiger charge is 2.30. The maximum absolute atomic E-state index is 6.16. The summed E-state index contributed by atoms with van der Waals surface area (Å²) in [5, 5.41) is 0. The van der Waals surface area contributed by atoms with E-state index in [9.17, 15) is 0 Å². The lowest BCUT2D eigenvalue weighted by atomic mass is 9.99. The van der Waals surface area contributed by atoms with Crippen LogP contribution in [0.1, 0.15) is 40.5 Å². The second-order valence-corrected chi connectivity index (χ2v) is 4.98. The number of nitrogens with zero attached hydrogens (tertiary/aromatic N) is 1. The van der Waals surface area contributed by atoms with E-state index in [1.54, 1.807) is 0 Å². The fraction of sp³-hybridized carbons (Fsp3) is 1.00. The Balaban J connectivity index is 2.46. The smallest absolute Gasteiger partial charge is 0.0252 e. The molecule has 2 heteroatoms. The zero-order valence-electron chi connectivity index (χ0n) is 9.51. The lowest BCUT2D eigenvalue weighted by molar-refractivity contribution is 0.195. The minimum absolute atomic E-state index is 0.00167. The molecule has 1 rings (SSSR count). The highest BCUT2D eigenvalue weighted by atomic mass is 15.2. The fourth-order valence-electron chi connectivity index (χ4n) is 1.97. The van der Waals surface area contributed by atoms with Crippen molar-refractivity contribution in [1.29, 1.82) is 0 Å². The summed E-state index contributed by atoms with van der Waals surface area (Å²) >= 11 is 0. The average Bonchev–Trinajstić information content (AvgIpc) is 2.36. The van der Waals surface area contributed by atoms with E-state index in [0.717, 1.165) is 24.9 Å². The van der Waals surface area contributed by atoms with E-state index in [1.165, 1.54) is 13.0 Å². The Morgan fingerprint density at radius 2 is 2.08 bits per heavy atom. The molecule has 1 heterocycles. The van der Waals surface area contributed by atoms with Crippen LogP contribution in [0.2, 0.25) is 0 Å². The van der Waals surface area contributed by atoms with Crippen molar-refractivity contribution in [2.45, 2.75) is 52.1 Å². The molecule has 13 heavy (non-hydrogen) atoms. The zero-order valence-corrected chi connectivity index (χ0v) is 9.51. The molecular formula is C11H24N2. The highest BCUT2D eigenvalue weighted by molar-refractivity contribution is 4.88. The topological polar surface area (TPSA) is 29.3 Å². The van der Waals surface area contributed by atoms with E-state index in [-0.39, 0.29) is 5.54 Å². The van der Waals surface area contributed by atoms with Crippen molar-refractivity contribution in [3.63, 3.8) is 0 Å². The molecule has 0 aliphatic carbocycles. The summed E-state index contributed by atoms with van der Waals surface area (Å²) in [4.78, 5) is 2.54. The van der Waals surface area contributed by atoms with Gasteiger partial charge in [0.15, 0.2) is 0 Å². The van der Waals surface area contributed by atoms with Gasteiger partial charge in [-0.3, -0.25) is 4.90 Å². The highest BCUT2D eigenvalue weighted by Crippen LogP contribution is 2.24. The van der Waals surface area contributed by atoms with Crippen molar-refractivity contribution in [1.82, 2.24) is 4.90 Å². The third-order valence-corrected chi connectivity index (χ3v) is 3.64. The van der Waals surface area contributed by atoms with Gasteiger partial charge in [-0.25, -0.2) is 0 Å². The summed E-state index contributed by atoms with van der Waals surface area (Å²) in [7, 11) is 0. The first-order chi connectivity index (χ1) is 5.96. The minimum atomic E-state index is -0.00167. The zero-order chi connectivity index (χ0) is 10.1. The molecule has 3 atom stereocenters. The standard InChI is InChI=1S/C11H24N2/c1-5-11(4,12)8-13-7-6-9(2)10(13)3/h9-10H,5-8,12H2,1-4H3. The van der Waals surface area contributed by atoms with Gasteiger partial charge in [-0.2, -0.15) is 0 Å². The summed E-state index contributed by atoms with van der Waals surface area (Å²) in [6, 6.07) is 0.717. The molecular weight excluding hydrogens is 160 g/mol. The first-order valence-electron chi connectivity index (χ1n) is 5.49. The molecule has 3 unspecified atom stereocenters. The minimum Gasteiger partial charge on any atom is -0.324 e. The quantitative estimate of drug-likeness (QED) is 0.725. The Kier molecular flexibility index (Phi) is 3.36. The number of hydrogen-bond acceptors (Lipinski definition) is 2. The van der Waals surface area contributed by atoms with Gasteiger partial charge in [-0.05, 0) is 39.2 Å². The predicted octanol–water partition coefficient (Wildman–Crippen LogP) is 1.84. The van der Waals surface area contributed by atoms with Crippen LogP contribution in [0.3, 0.4) is 0 Å². The van der Waals surface area contributed by atoms with Crippen LogP contribution in [-0.4, -0.2) is 29.6 Å². The van der Waals surface area contributed by atoms with E-state index in [2.05, 4.69) is 32.6 Å². The van der Waals surface area contributed by atoms with Gasteiger partial charge in [-0.15, -0.1) is 0 Å². The molecule has 2 N–H and O–H groups in total. The number of hydrogen-bond donors (Lipinski definition) is 1. The van der Waals surface area contributed by atoms with Crippen LogP contribution in [0, 0.1) is 5.92 Å². The molecule has 0 amide bonds. The first kappa shape index (κ1) is 11.0. The van der Waals surface area contributed by atoms with E-state index in [0.29, 0.717) is 0 Å². The van der Waals surface area contributed by atoms with E-state index in [1.807, 2.05) is 0 Å². The van der Waals surface area contributed by atoms with Crippen LogP contribution in [0.4, 0.5) is 0 Å². The van der Waals surface area contributed by atoms with Crippen molar-refractivity contribution in [2.75, 3.05) is 13.1 Å². The summed E-state index contributed by atoms with van der Waals surface area (Å²) in [5.41, 5.74) is 6.16. The molecule has 0 bridgehead atoms. The van der Waals surface area contributed by atoms with Gasteiger partial charge in [0.1, 0.15) is 0 Å². The van der Waals surface area contributed by atoms with E-state index < -0.39 is 0 Å². The SMILES string of the molecule is CCC(C)(N)CN1CCC(C)C1C. The third kappa shape index (κ3) is 2.68. The molecule has 1 fully saturated rings. The summed E-state index contributed by atoms with van der Waals surface area (Å²) in [5.74, 6) is 0.840. The Morgan fingerprint density at radius 3 is 2.46 bits per heavy atom. The van der Waals surface area contributed by atoms with Gasteiger partial charge in [0.2, 0.25) is 0 Å². The van der Waals surface area contributed by atoms with Crippen LogP contribution < -0.4 is 5.73 Å². The van der Waals surface area contributed by atoms with Crippen molar-refractivity contribution in [2.24, 2.45) is 11.7 Å². The van der Waals surface area contributed by atoms with Crippen molar-refractivity contribution in [3.8, 4) is 0 Å². The molecule has 78 valence electrons. The van der Waals surface area contributed by atoms with Gasteiger partial charge in [0, 0.05) is 18.1 Å². The normalized spacial score (nSPS) is 34.8. The van der Waals surface area contributed by atoms with Crippen molar-refractivity contribution < 1.29 is 0 Å². The Labute approximate surface area is 82.5 Å². The molecule has 0 aromatic rings. The van der Waals surface area contributed by atoms with Crippen LogP contribution in [0.15, 0.2) is 0 Å². The Morgan fingerprint density at radius 1 is 1.46 bits per heavy atom. The Bertz CT molecular complexity index is 165. The maximum atomic E-state index is 6.16. The maximum Gasteiger partial charge on any atom is 0.0252 e. The van der Waals surface area contributed by atoms with E-state index in [4.69, 9.17) is 5.73 Å². The monoisotopic (exact) mass is 184 g/mol. The van der Waals surface area contributed by atoms with E-state index >= 15 is 0 Å². The second kappa shape index (κ2) is 3.97. The molecule has 0 spiro atoms. The lowest BCUT2D eigenvalue weighted by Crippen LogP contribution is -2.48. The van der Waals surface area contributed by atoms with Crippen molar-refractivity contribution >= 4 is 0 Å². The van der Waals surface area contributed by atoms with Gasteiger partial charge >= 0.3 is 0 Å². The van der Waals surface area contributed by atoms with Crippen LogP contribution in [-0.2, 0) is 0 Å². The largest absolute Gasteiger partial charge is 0.324 e. The fourth-order valence-corrected chi connectivity index (χ4v) is 1.97.